The molecule has 5 nitrogen and oxygen atoms in total. The minimum atomic E-state index is -0.376. The molecule has 0 amide bonds. The predicted molar refractivity (Wildman–Crippen MR) is 88.6 cm³/mol. The van der Waals surface area contributed by atoms with Gasteiger partial charge in [0.15, 0.2) is 0 Å². The number of rotatable bonds is 10. The molecule has 0 radical (unpaired) electrons. The molecular weight excluding hydrogens is 280 g/mol. The Morgan fingerprint density at radius 1 is 0.727 bits per heavy atom. The minimum absolute atomic E-state index is 0.368. The molecule has 0 aliphatic heterocycles. The van der Waals surface area contributed by atoms with Crippen LogP contribution in [0, 0.1) is 0 Å². The average molecular weight is 310 g/mol. The van der Waals surface area contributed by atoms with Gasteiger partial charge in [-0.15, -0.1) is 0 Å². The van der Waals surface area contributed by atoms with Gasteiger partial charge in [-0.1, -0.05) is 18.2 Å². The van der Waals surface area contributed by atoms with Crippen molar-refractivity contribution in [1.29, 1.82) is 0 Å². The third-order valence-corrected chi connectivity index (χ3v) is 3.18. The van der Waals surface area contributed by atoms with Gasteiger partial charge in [0.05, 0.1) is 18.3 Å². The van der Waals surface area contributed by atoms with E-state index in [0.717, 1.165) is 16.7 Å². The maximum absolute atomic E-state index is 9.59. The van der Waals surface area contributed by atoms with Gasteiger partial charge in [-0.05, 0) is 43.9 Å². The number of benzene rings is 1. The van der Waals surface area contributed by atoms with E-state index < -0.39 is 0 Å². The first-order valence-corrected chi connectivity index (χ1v) is 7.94. The van der Waals surface area contributed by atoms with Gasteiger partial charge in [-0.3, -0.25) is 0 Å². The van der Waals surface area contributed by atoms with E-state index in [1.807, 2.05) is 0 Å². The van der Waals surface area contributed by atoms with Crippen LogP contribution in [0.2, 0.25) is 0 Å². The fourth-order valence-electron chi connectivity index (χ4n) is 2.35. The molecule has 0 aliphatic rings. The summed E-state index contributed by atoms with van der Waals surface area (Å²) in [6.07, 6.45) is -0.493. The van der Waals surface area contributed by atoms with E-state index in [4.69, 9.17) is 0 Å². The molecule has 5 N–H and O–H groups in total. The molecule has 3 unspecified atom stereocenters. The van der Waals surface area contributed by atoms with Crippen LogP contribution in [0.1, 0.15) is 37.5 Å². The molecule has 0 spiro atoms. The van der Waals surface area contributed by atoms with Gasteiger partial charge in [0.1, 0.15) is 0 Å². The molecule has 126 valence electrons. The van der Waals surface area contributed by atoms with E-state index in [-0.39, 0.29) is 18.3 Å². The maximum Gasteiger partial charge on any atom is 0.0636 e. The van der Waals surface area contributed by atoms with Gasteiger partial charge < -0.3 is 26.0 Å². The molecule has 1 aromatic rings. The number of hydrogen-bond acceptors (Lipinski definition) is 5. The van der Waals surface area contributed by atoms with E-state index >= 15 is 0 Å². The van der Waals surface area contributed by atoms with Crippen molar-refractivity contribution in [2.45, 2.75) is 58.6 Å². The predicted octanol–water partition coefficient (Wildman–Crippen LogP) is 0.551. The molecule has 0 heterocycles. The fourth-order valence-corrected chi connectivity index (χ4v) is 2.35. The molecule has 3 atom stereocenters. The second-order valence-corrected chi connectivity index (χ2v) is 6.17. The van der Waals surface area contributed by atoms with Gasteiger partial charge in [0.25, 0.3) is 0 Å². The zero-order chi connectivity index (χ0) is 16.5. The Morgan fingerprint density at radius 3 is 1.50 bits per heavy atom. The smallest absolute Gasteiger partial charge is 0.0636 e. The monoisotopic (exact) mass is 310 g/mol. The van der Waals surface area contributed by atoms with Gasteiger partial charge >= 0.3 is 0 Å². The van der Waals surface area contributed by atoms with Crippen LogP contribution >= 0.6 is 0 Å². The minimum Gasteiger partial charge on any atom is -0.393 e. The first kappa shape index (κ1) is 19.1. The molecule has 0 aromatic heterocycles. The zero-order valence-corrected chi connectivity index (χ0v) is 13.8. The van der Waals surface area contributed by atoms with Crippen LogP contribution in [0.15, 0.2) is 18.2 Å². The Balaban J connectivity index is 2.71. The normalized spacial score (nSPS) is 15.5. The highest BCUT2D eigenvalue weighted by atomic mass is 16.3. The highest BCUT2D eigenvalue weighted by Crippen LogP contribution is 2.13. The Kier molecular flexibility index (Phi) is 8.60. The Morgan fingerprint density at radius 2 is 1.14 bits per heavy atom. The number of aliphatic hydroxyl groups is 3. The molecule has 1 rings (SSSR count). The van der Waals surface area contributed by atoms with Crippen molar-refractivity contribution in [3.8, 4) is 0 Å². The Hall–Kier alpha value is -0.980. The van der Waals surface area contributed by atoms with Crippen LogP contribution in [-0.2, 0) is 19.5 Å². The van der Waals surface area contributed by atoms with Crippen molar-refractivity contribution in [3.05, 3.63) is 34.9 Å². The van der Waals surface area contributed by atoms with E-state index in [1.54, 1.807) is 20.8 Å². The third-order valence-electron chi connectivity index (χ3n) is 3.18. The van der Waals surface area contributed by atoms with Crippen LogP contribution < -0.4 is 10.6 Å². The van der Waals surface area contributed by atoms with Gasteiger partial charge in [0.2, 0.25) is 0 Å². The molecule has 0 bridgehead atoms. The van der Waals surface area contributed by atoms with Gasteiger partial charge in [-0.25, -0.2) is 0 Å². The highest BCUT2D eigenvalue weighted by molar-refractivity contribution is 5.30. The van der Waals surface area contributed by atoms with Crippen LogP contribution in [0.5, 0.6) is 0 Å². The van der Waals surface area contributed by atoms with Crippen LogP contribution in [0.4, 0.5) is 0 Å². The lowest BCUT2D eigenvalue weighted by atomic mass is 10.0. The van der Waals surface area contributed by atoms with Crippen molar-refractivity contribution >= 4 is 0 Å². The van der Waals surface area contributed by atoms with Crippen LogP contribution in [-0.4, -0.2) is 46.7 Å². The average Bonchev–Trinajstić information content (AvgIpc) is 2.36. The number of aliphatic hydroxyl groups excluding tert-OH is 3. The summed E-state index contributed by atoms with van der Waals surface area (Å²) in [5.41, 5.74) is 3.36. The maximum atomic E-state index is 9.59. The van der Waals surface area contributed by atoms with E-state index in [2.05, 4.69) is 28.8 Å². The van der Waals surface area contributed by atoms with E-state index in [9.17, 15) is 15.3 Å². The molecular formula is C17H30N2O3. The number of hydrogen-bond donors (Lipinski definition) is 5. The fraction of sp³-hybridized carbons (Fsp3) is 0.647. The van der Waals surface area contributed by atoms with Crippen molar-refractivity contribution in [2.75, 3.05) is 13.1 Å². The van der Waals surface area contributed by atoms with Crippen LogP contribution in [0.3, 0.4) is 0 Å². The van der Waals surface area contributed by atoms with Crippen LogP contribution in [0.25, 0.3) is 0 Å². The quantitative estimate of drug-likeness (QED) is 0.436. The Bertz CT molecular complexity index is 402. The molecule has 0 aliphatic carbocycles. The lowest BCUT2D eigenvalue weighted by Gasteiger charge is -2.13. The molecule has 0 fully saturated rings. The summed E-state index contributed by atoms with van der Waals surface area (Å²) in [7, 11) is 0. The van der Waals surface area contributed by atoms with Crippen molar-refractivity contribution in [2.24, 2.45) is 0 Å². The molecule has 1 aromatic carbocycles. The van der Waals surface area contributed by atoms with E-state index in [1.165, 1.54) is 0 Å². The van der Waals surface area contributed by atoms with E-state index in [0.29, 0.717) is 32.6 Å². The standard InChI is InChI=1S/C17H30N2O3/c1-12(20)4-15-5-16(10-18-8-13(2)21)7-17(6-15)11-19-9-14(3)22/h5-7,12-14,18-22H,4,8-11H2,1-3H3. The summed E-state index contributed by atoms with van der Waals surface area (Å²) < 4.78 is 0. The lowest BCUT2D eigenvalue weighted by Crippen LogP contribution is -2.25. The van der Waals surface area contributed by atoms with Crippen molar-refractivity contribution < 1.29 is 15.3 Å². The topological polar surface area (TPSA) is 84.8 Å². The SMILES string of the molecule is CC(O)CNCc1cc(CNCC(C)O)cc(CC(C)O)c1. The van der Waals surface area contributed by atoms with Crippen molar-refractivity contribution in [1.82, 2.24) is 10.6 Å². The molecule has 0 saturated carbocycles. The second-order valence-electron chi connectivity index (χ2n) is 6.17. The largest absolute Gasteiger partial charge is 0.393 e. The first-order valence-electron chi connectivity index (χ1n) is 7.94. The summed E-state index contributed by atoms with van der Waals surface area (Å²) in [4.78, 5) is 0. The second kappa shape index (κ2) is 9.92. The number of nitrogens with one attached hydrogen (secondary N) is 2. The third kappa shape index (κ3) is 8.46. The molecule has 5 heteroatoms. The molecule has 0 saturated heterocycles. The summed E-state index contributed by atoms with van der Waals surface area (Å²) in [5.74, 6) is 0. The van der Waals surface area contributed by atoms with Gasteiger partial charge in [0, 0.05) is 26.2 Å². The lowest BCUT2D eigenvalue weighted by molar-refractivity contribution is 0.191. The highest BCUT2D eigenvalue weighted by Gasteiger charge is 2.05. The summed E-state index contributed by atoms with van der Waals surface area (Å²) in [6, 6.07) is 6.27. The Labute approximate surface area is 133 Å². The zero-order valence-electron chi connectivity index (χ0n) is 13.8. The first-order chi connectivity index (χ1) is 10.4. The van der Waals surface area contributed by atoms with Crippen molar-refractivity contribution in [3.63, 3.8) is 0 Å². The molecule has 22 heavy (non-hydrogen) atoms. The summed E-state index contributed by atoms with van der Waals surface area (Å²) in [6.45, 7) is 7.75. The summed E-state index contributed by atoms with van der Waals surface area (Å²) >= 11 is 0. The van der Waals surface area contributed by atoms with Gasteiger partial charge in [-0.2, -0.15) is 0 Å². The summed E-state index contributed by atoms with van der Waals surface area (Å²) in [5, 5.41) is 34.6.